The molecule has 30 heavy (non-hydrogen) atoms. The van der Waals surface area contributed by atoms with Crippen LogP contribution in [0.15, 0.2) is 48.2 Å². The summed E-state index contributed by atoms with van der Waals surface area (Å²) in [6.45, 7) is 0.0767. The van der Waals surface area contributed by atoms with Crippen LogP contribution in [-0.2, 0) is 9.59 Å². The van der Waals surface area contributed by atoms with Gasteiger partial charge in [-0.25, -0.2) is 9.18 Å². The highest BCUT2D eigenvalue weighted by molar-refractivity contribution is 6.14. The molecule has 2 aromatic rings. The lowest BCUT2D eigenvalue weighted by molar-refractivity contribution is -0.148. The van der Waals surface area contributed by atoms with Crippen molar-refractivity contribution in [1.29, 1.82) is 0 Å². The van der Waals surface area contributed by atoms with Gasteiger partial charge in [-0.2, -0.15) is 0 Å². The van der Waals surface area contributed by atoms with Crippen LogP contribution in [0.25, 0.3) is 6.08 Å². The van der Waals surface area contributed by atoms with Gasteiger partial charge in [-0.15, -0.1) is 0 Å². The molecule has 2 aromatic carbocycles. The molecule has 1 atom stereocenters. The number of carboxylic acids is 1. The van der Waals surface area contributed by atoms with Gasteiger partial charge in [0, 0.05) is 12.6 Å². The fourth-order valence-corrected chi connectivity index (χ4v) is 3.52. The summed E-state index contributed by atoms with van der Waals surface area (Å²) in [5.74, 6) is -1.39. The number of ketones is 1. The van der Waals surface area contributed by atoms with Crippen LogP contribution in [0.2, 0.25) is 0 Å². The second-order valence-electron chi connectivity index (χ2n) is 7.02. The summed E-state index contributed by atoms with van der Waals surface area (Å²) in [6, 6.07) is 9.42. The molecule has 7 nitrogen and oxygen atoms in total. The van der Waals surface area contributed by atoms with Gasteiger partial charge in [-0.3, -0.25) is 9.59 Å². The molecule has 0 bridgehead atoms. The summed E-state index contributed by atoms with van der Waals surface area (Å²) in [4.78, 5) is 37.3. The van der Waals surface area contributed by atoms with Crippen LogP contribution in [0, 0.1) is 5.82 Å². The summed E-state index contributed by atoms with van der Waals surface area (Å²) in [5.41, 5.74) is 0.973. The number of hydrogen-bond donors (Lipinski definition) is 1. The van der Waals surface area contributed by atoms with Crippen molar-refractivity contribution in [2.24, 2.45) is 0 Å². The zero-order valence-corrected chi connectivity index (χ0v) is 15.8. The molecule has 2 aliphatic heterocycles. The average Bonchev–Trinajstić information content (AvgIpc) is 3.33. The largest absolute Gasteiger partial charge is 0.484 e. The number of fused-ring (bicyclic) bond motifs is 1. The van der Waals surface area contributed by atoms with E-state index in [1.54, 1.807) is 12.1 Å². The minimum atomic E-state index is -1.02. The van der Waals surface area contributed by atoms with Crippen molar-refractivity contribution in [3.05, 3.63) is 65.2 Å². The number of benzene rings is 2. The Labute approximate surface area is 171 Å². The lowest BCUT2D eigenvalue weighted by atomic mass is 10.1. The quantitative estimate of drug-likeness (QED) is 0.761. The normalized spacial score (nSPS) is 19.0. The number of rotatable bonds is 5. The van der Waals surface area contributed by atoms with E-state index in [2.05, 4.69) is 0 Å². The van der Waals surface area contributed by atoms with Gasteiger partial charge in [-0.1, -0.05) is 12.1 Å². The molecule has 4 rings (SSSR count). The number of Topliss-reactive ketones (excluding diaryl/α,β-unsaturated/α-hetero) is 1. The highest BCUT2D eigenvalue weighted by Crippen LogP contribution is 2.35. The first-order chi connectivity index (χ1) is 14.4. The molecule has 0 radical (unpaired) electrons. The molecule has 8 heteroatoms. The fraction of sp³-hybridized carbons (Fsp3) is 0.227. The molecule has 1 amide bonds. The van der Waals surface area contributed by atoms with E-state index >= 15 is 0 Å². The number of halogens is 1. The highest BCUT2D eigenvalue weighted by atomic mass is 19.1. The number of allylic oxidation sites excluding steroid dienone is 1. The zero-order chi connectivity index (χ0) is 21.3. The number of hydrogen-bond acceptors (Lipinski definition) is 5. The third-order valence-corrected chi connectivity index (χ3v) is 5.03. The van der Waals surface area contributed by atoms with Crippen LogP contribution in [0.4, 0.5) is 4.39 Å². The third-order valence-electron chi connectivity index (χ3n) is 5.03. The van der Waals surface area contributed by atoms with Gasteiger partial charge in [0.05, 0.1) is 5.56 Å². The van der Waals surface area contributed by atoms with Gasteiger partial charge < -0.3 is 19.5 Å². The van der Waals surface area contributed by atoms with Crippen molar-refractivity contribution in [2.45, 2.75) is 18.9 Å². The van der Waals surface area contributed by atoms with E-state index in [1.165, 1.54) is 41.3 Å². The van der Waals surface area contributed by atoms with Crippen LogP contribution in [0.3, 0.4) is 0 Å². The van der Waals surface area contributed by atoms with Crippen LogP contribution >= 0.6 is 0 Å². The predicted molar refractivity (Wildman–Crippen MR) is 104 cm³/mol. The standard InChI is InChI=1S/C22H18FNO6/c23-14-5-3-13(4-6-14)10-19-21(26)16-8-7-15(11-18(16)30-19)29-12-20(25)24-9-1-2-17(24)22(27)28/h3-8,10-11,17H,1-2,9,12H2,(H,27,28). The van der Waals surface area contributed by atoms with E-state index in [-0.39, 0.29) is 24.0 Å². The predicted octanol–water partition coefficient (Wildman–Crippen LogP) is 2.90. The maximum atomic E-state index is 13.0. The minimum Gasteiger partial charge on any atom is -0.484 e. The van der Waals surface area contributed by atoms with Crippen LogP contribution < -0.4 is 9.47 Å². The molecular weight excluding hydrogens is 393 g/mol. The Morgan fingerprint density at radius 2 is 2.00 bits per heavy atom. The van der Waals surface area contributed by atoms with Crippen LogP contribution in [-0.4, -0.2) is 46.9 Å². The monoisotopic (exact) mass is 411 g/mol. The van der Waals surface area contributed by atoms with E-state index in [9.17, 15) is 23.9 Å². The number of carboxylic acid groups (broad SMARTS) is 1. The Bertz CT molecular complexity index is 1050. The van der Waals surface area contributed by atoms with Crippen molar-refractivity contribution >= 4 is 23.7 Å². The van der Waals surface area contributed by atoms with Crippen LogP contribution in [0.5, 0.6) is 11.5 Å². The maximum Gasteiger partial charge on any atom is 0.326 e. The lowest BCUT2D eigenvalue weighted by Crippen LogP contribution is -2.42. The van der Waals surface area contributed by atoms with E-state index in [1.807, 2.05) is 0 Å². The Kier molecular flexibility index (Phi) is 5.22. The molecule has 0 aromatic heterocycles. The van der Waals surface area contributed by atoms with Crippen molar-refractivity contribution in [1.82, 2.24) is 4.90 Å². The molecule has 2 aliphatic rings. The van der Waals surface area contributed by atoms with Gasteiger partial charge in [-0.05, 0) is 48.7 Å². The number of amides is 1. The summed E-state index contributed by atoms with van der Waals surface area (Å²) in [5, 5.41) is 9.19. The first kappa shape index (κ1) is 19.6. The number of ether oxygens (including phenoxy) is 2. The number of carbonyl (C=O) groups excluding carboxylic acids is 2. The topological polar surface area (TPSA) is 93.1 Å². The third kappa shape index (κ3) is 3.89. The number of carbonyl (C=O) groups is 3. The molecule has 2 heterocycles. The number of aliphatic carboxylic acids is 1. The molecule has 1 saturated heterocycles. The minimum absolute atomic E-state index is 0.103. The van der Waals surface area contributed by atoms with E-state index in [4.69, 9.17) is 9.47 Å². The van der Waals surface area contributed by atoms with Gasteiger partial charge in [0.25, 0.3) is 5.91 Å². The van der Waals surface area contributed by atoms with Gasteiger partial charge in [0.2, 0.25) is 5.78 Å². The van der Waals surface area contributed by atoms with Crippen LogP contribution in [0.1, 0.15) is 28.8 Å². The molecule has 1 fully saturated rings. The van der Waals surface area contributed by atoms with Crippen molar-refractivity contribution in [2.75, 3.05) is 13.2 Å². The number of likely N-dealkylation sites (tertiary alicyclic amines) is 1. The molecule has 154 valence electrons. The zero-order valence-electron chi connectivity index (χ0n) is 15.8. The van der Waals surface area contributed by atoms with Gasteiger partial charge in [0.15, 0.2) is 12.4 Å². The van der Waals surface area contributed by atoms with Gasteiger partial charge in [0.1, 0.15) is 23.4 Å². The first-order valence-corrected chi connectivity index (χ1v) is 9.41. The Morgan fingerprint density at radius 3 is 2.73 bits per heavy atom. The Morgan fingerprint density at radius 1 is 1.23 bits per heavy atom. The summed E-state index contributed by atoms with van der Waals surface area (Å²) >= 11 is 0. The van der Waals surface area contributed by atoms with Crippen molar-refractivity contribution < 1.29 is 33.4 Å². The maximum absolute atomic E-state index is 13.0. The summed E-state index contributed by atoms with van der Waals surface area (Å²) in [7, 11) is 0. The lowest BCUT2D eigenvalue weighted by Gasteiger charge is -2.21. The summed E-state index contributed by atoms with van der Waals surface area (Å²) in [6.07, 6.45) is 2.59. The molecule has 1 N–H and O–H groups in total. The Hall–Kier alpha value is -3.68. The molecule has 0 spiro atoms. The van der Waals surface area contributed by atoms with E-state index < -0.39 is 17.9 Å². The first-order valence-electron chi connectivity index (χ1n) is 9.41. The molecular formula is C22H18FNO6. The van der Waals surface area contributed by atoms with E-state index in [0.29, 0.717) is 42.0 Å². The SMILES string of the molecule is O=C1C(=Cc2ccc(F)cc2)Oc2cc(OCC(=O)N3CCCC3C(=O)O)ccc21. The second-order valence-corrected chi connectivity index (χ2v) is 7.02. The number of nitrogens with zero attached hydrogens (tertiary/aromatic N) is 1. The smallest absolute Gasteiger partial charge is 0.326 e. The fourth-order valence-electron chi connectivity index (χ4n) is 3.52. The highest BCUT2D eigenvalue weighted by Gasteiger charge is 2.34. The molecule has 1 unspecified atom stereocenters. The van der Waals surface area contributed by atoms with Crippen molar-refractivity contribution in [3.63, 3.8) is 0 Å². The van der Waals surface area contributed by atoms with Gasteiger partial charge >= 0.3 is 5.97 Å². The van der Waals surface area contributed by atoms with Crippen molar-refractivity contribution in [3.8, 4) is 11.5 Å². The molecule has 0 aliphatic carbocycles. The molecule has 0 saturated carbocycles. The summed E-state index contributed by atoms with van der Waals surface area (Å²) < 4.78 is 24.1. The average molecular weight is 411 g/mol. The Balaban J connectivity index is 1.43. The van der Waals surface area contributed by atoms with E-state index in [0.717, 1.165) is 0 Å². The second kappa shape index (κ2) is 7.98.